The Labute approximate surface area is 151 Å². The molecule has 1 rings (SSSR count). The molecule has 0 aliphatic heterocycles. The first-order chi connectivity index (χ1) is 10.2. The van der Waals surface area contributed by atoms with Crippen LogP contribution in [0.2, 0.25) is 0 Å². The summed E-state index contributed by atoms with van der Waals surface area (Å²) in [5, 5.41) is 2.83. The topological polar surface area (TPSA) is 67.6 Å². The number of nitrogens with two attached hydrogens (primary N) is 1. The highest BCUT2D eigenvalue weighted by Gasteiger charge is 2.05. The van der Waals surface area contributed by atoms with Crippen LogP contribution < -0.4 is 15.8 Å². The van der Waals surface area contributed by atoms with Crippen molar-refractivity contribution in [2.75, 3.05) is 39.3 Å². The summed E-state index contributed by atoms with van der Waals surface area (Å²) in [6, 6.07) is 7.23. The molecule has 1 amide bonds. The highest BCUT2D eigenvalue weighted by Crippen LogP contribution is 2.12. The summed E-state index contributed by atoms with van der Waals surface area (Å²) in [5.41, 5.74) is 6.03. The summed E-state index contributed by atoms with van der Waals surface area (Å²) in [7, 11) is 0. The lowest BCUT2D eigenvalue weighted by atomic mass is 10.2. The molecule has 0 saturated heterocycles. The number of benzene rings is 1. The minimum atomic E-state index is -0.0712. The number of rotatable bonds is 10. The van der Waals surface area contributed by atoms with Crippen LogP contribution in [0, 0.1) is 0 Å². The first-order valence-corrected chi connectivity index (χ1v) is 7.64. The Balaban J connectivity index is 0. The van der Waals surface area contributed by atoms with E-state index in [1.807, 2.05) is 12.1 Å². The maximum atomic E-state index is 11.8. The summed E-state index contributed by atoms with van der Waals surface area (Å²) in [4.78, 5) is 14.1. The molecule has 0 atom stereocenters. The second kappa shape index (κ2) is 14.6. The van der Waals surface area contributed by atoms with E-state index in [9.17, 15) is 4.79 Å². The quantitative estimate of drug-likeness (QED) is 0.624. The van der Waals surface area contributed by atoms with Gasteiger partial charge in [-0.1, -0.05) is 13.8 Å². The van der Waals surface area contributed by atoms with Crippen molar-refractivity contribution in [2.24, 2.45) is 5.73 Å². The number of nitrogens with zero attached hydrogens (tertiary/aromatic N) is 1. The average Bonchev–Trinajstić information content (AvgIpc) is 2.52. The summed E-state index contributed by atoms with van der Waals surface area (Å²) < 4.78 is 5.68. The number of nitrogens with one attached hydrogen (secondary N) is 1. The largest absolute Gasteiger partial charge is 0.492 e. The fraction of sp³-hybridized carbons (Fsp3) is 0.562. The number of halogens is 2. The molecule has 0 aromatic heterocycles. The predicted molar refractivity (Wildman–Crippen MR) is 100 cm³/mol. The molecule has 0 radical (unpaired) electrons. The zero-order valence-corrected chi connectivity index (χ0v) is 15.5. The highest BCUT2D eigenvalue weighted by atomic mass is 35.5. The Bertz CT molecular complexity index is 412. The van der Waals surface area contributed by atoms with Gasteiger partial charge in [0.2, 0.25) is 0 Å². The molecule has 0 saturated carbocycles. The third-order valence-electron chi connectivity index (χ3n) is 3.35. The van der Waals surface area contributed by atoms with Gasteiger partial charge in [-0.05, 0) is 50.3 Å². The van der Waals surface area contributed by atoms with Crippen molar-refractivity contribution in [2.45, 2.75) is 20.3 Å². The van der Waals surface area contributed by atoms with Crippen molar-refractivity contribution in [3.05, 3.63) is 29.8 Å². The van der Waals surface area contributed by atoms with Crippen molar-refractivity contribution >= 4 is 30.7 Å². The molecule has 0 spiro atoms. The van der Waals surface area contributed by atoms with E-state index in [0.717, 1.165) is 31.8 Å². The lowest BCUT2D eigenvalue weighted by molar-refractivity contribution is 0.0953. The zero-order chi connectivity index (χ0) is 15.5. The van der Waals surface area contributed by atoms with Crippen LogP contribution in [-0.2, 0) is 0 Å². The van der Waals surface area contributed by atoms with Crippen LogP contribution in [0.4, 0.5) is 0 Å². The van der Waals surface area contributed by atoms with Crippen LogP contribution in [0.5, 0.6) is 5.75 Å². The lowest BCUT2D eigenvalue weighted by Crippen LogP contribution is -2.28. The first kappa shape index (κ1) is 24.2. The van der Waals surface area contributed by atoms with Gasteiger partial charge in [0, 0.05) is 18.7 Å². The van der Waals surface area contributed by atoms with E-state index in [1.54, 1.807) is 12.1 Å². The molecule has 1 aromatic rings. The highest BCUT2D eigenvalue weighted by molar-refractivity contribution is 5.94. The Morgan fingerprint density at radius 2 is 1.78 bits per heavy atom. The van der Waals surface area contributed by atoms with E-state index in [2.05, 4.69) is 24.1 Å². The number of carbonyl (C=O) groups is 1. The van der Waals surface area contributed by atoms with Crippen molar-refractivity contribution in [3.8, 4) is 5.75 Å². The fourth-order valence-corrected chi connectivity index (χ4v) is 1.94. The Kier molecular flexibility index (Phi) is 15.4. The van der Waals surface area contributed by atoms with Gasteiger partial charge in [0.25, 0.3) is 5.91 Å². The van der Waals surface area contributed by atoms with Gasteiger partial charge in [0.15, 0.2) is 0 Å². The number of amides is 1. The molecule has 0 bridgehead atoms. The monoisotopic (exact) mass is 365 g/mol. The molecule has 0 unspecified atom stereocenters. The van der Waals surface area contributed by atoms with E-state index >= 15 is 0 Å². The molecule has 5 nitrogen and oxygen atoms in total. The molecule has 0 aliphatic rings. The fourth-order valence-electron chi connectivity index (χ4n) is 1.94. The number of ether oxygens (including phenoxy) is 1. The third kappa shape index (κ3) is 9.66. The second-order valence-electron chi connectivity index (χ2n) is 4.80. The van der Waals surface area contributed by atoms with Crippen molar-refractivity contribution in [3.63, 3.8) is 0 Å². The van der Waals surface area contributed by atoms with Crippen LogP contribution in [0.1, 0.15) is 30.6 Å². The Morgan fingerprint density at radius 3 is 2.30 bits per heavy atom. The lowest BCUT2D eigenvalue weighted by Gasteiger charge is -2.18. The van der Waals surface area contributed by atoms with Crippen LogP contribution in [0.25, 0.3) is 0 Å². The molecular formula is C16H29Cl2N3O2. The second-order valence-corrected chi connectivity index (χ2v) is 4.80. The maximum Gasteiger partial charge on any atom is 0.251 e. The molecular weight excluding hydrogens is 337 g/mol. The standard InChI is InChI=1S/C16H27N3O2.2ClH/c1-3-19(4-2)12-13-21-15-8-6-14(7-9-15)16(20)18-11-5-10-17;;/h6-9H,3-5,10-13,17H2,1-2H3,(H,18,20);2*1H. The molecule has 0 fully saturated rings. The first-order valence-electron chi connectivity index (χ1n) is 7.64. The molecule has 0 heterocycles. The van der Waals surface area contributed by atoms with Crippen molar-refractivity contribution in [1.82, 2.24) is 10.2 Å². The van der Waals surface area contributed by atoms with Gasteiger partial charge in [-0.3, -0.25) is 4.79 Å². The van der Waals surface area contributed by atoms with Gasteiger partial charge in [0.1, 0.15) is 12.4 Å². The molecule has 23 heavy (non-hydrogen) atoms. The van der Waals surface area contributed by atoms with Gasteiger partial charge in [-0.2, -0.15) is 0 Å². The average molecular weight is 366 g/mol. The normalized spacial score (nSPS) is 9.74. The molecule has 3 N–H and O–H groups in total. The number of carbonyl (C=O) groups excluding carboxylic acids is 1. The van der Waals surface area contributed by atoms with Crippen molar-refractivity contribution in [1.29, 1.82) is 0 Å². The van der Waals surface area contributed by atoms with Gasteiger partial charge < -0.3 is 20.7 Å². The number of likely N-dealkylation sites (N-methyl/N-ethyl adjacent to an activating group) is 1. The summed E-state index contributed by atoms with van der Waals surface area (Å²) in [6.45, 7) is 9.10. The van der Waals surface area contributed by atoms with E-state index in [0.29, 0.717) is 25.3 Å². The van der Waals surface area contributed by atoms with Gasteiger partial charge in [-0.15, -0.1) is 24.8 Å². The van der Waals surface area contributed by atoms with Crippen molar-refractivity contribution < 1.29 is 9.53 Å². The number of hydrogen-bond acceptors (Lipinski definition) is 4. The predicted octanol–water partition coefficient (Wildman–Crippen LogP) is 2.33. The van der Waals surface area contributed by atoms with Crippen LogP contribution in [0.3, 0.4) is 0 Å². The maximum absolute atomic E-state index is 11.8. The van der Waals surface area contributed by atoms with Gasteiger partial charge >= 0.3 is 0 Å². The van der Waals surface area contributed by atoms with E-state index < -0.39 is 0 Å². The van der Waals surface area contributed by atoms with E-state index in [-0.39, 0.29) is 30.7 Å². The molecule has 0 aliphatic carbocycles. The summed E-state index contributed by atoms with van der Waals surface area (Å²) >= 11 is 0. The van der Waals surface area contributed by atoms with Gasteiger partial charge in [0.05, 0.1) is 0 Å². The van der Waals surface area contributed by atoms with E-state index in [4.69, 9.17) is 10.5 Å². The van der Waals surface area contributed by atoms with Gasteiger partial charge in [-0.25, -0.2) is 0 Å². The van der Waals surface area contributed by atoms with Crippen LogP contribution in [0.15, 0.2) is 24.3 Å². The smallest absolute Gasteiger partial charge is 0.251 e. The third-order valence-corrected chi connectivity index (χ3v) is 3.35. The summed E-state index contributed by atoms with van der Waals surface area (Å²) in [6.07, 6.45) is 0.790. The Hall–Kier alpha value is -1.01. The molecule has 134 valence electrons. The SMILES string of the molecule is CCN(CC)CCOc1ccc(C(=O)NCCCN)cc1.Cl.Cl. The number of hydrogen-bond donors (Lipinski definition) is 2. The minimum Gasteiger partial charge on any atom is -0.492 e. The minimum absolute atomic E-state index is 0. The molecule has 7 heteroatoms. The summed E-state index contributed by atoms with van der Waals surface area (Å²) in [5.74, 6) is 0.721. The van der Waals surface area contributed by atoms with Crippen LogP contribution >= 0.6 is 24.8 Å². The Morgan fingerprint density at radius 1 is 1.17 bits per heavy atom. The zero-order valence-electron chi connectivity index (χ0n) is 13.9. The van der Waals surface area contributed by atoms with E-state index in [1.165, 1.54) is 0 Å². The van der Waals surface area contributed by atoms with Crippen LogP contribution in [-0.4, -0.2) is 50.1 Å². The molecule has 1 aromatic carbocycles.